The highest BCUT2D eigenvalue weighted by Crippen LogP contribution is 2.60. The third-order valence-corrected chi connectivity index (χ3v) is 7.74. The molecule has 0 unspecified atom stereocenters. The summed E-state index contributed by atoms with van der Waals surface area (Å²) in [6.45, 7) is 0.205. The number of likely N-dealkylation sites (N-methyl/N-ethyl adjacent to an activating group) is 1. The number of rotatable bonds is 6. The minimum atomic E-state index is -0.0110. The molecule has 5 rings (SSSR count). The Morgan fingerprint density at radius 3 is 2.17 bits per heavy atom. The fraction of sp³-hybridized carbons (Fsp3) is 0.889. The van der Waals surface area contributed by atoms with Crippen LogP contribution in [0.2, 0.25) is 0 Å². The summed E-state index contributed by atoms with van der Waals surface area (Å²) < 4.78 is 0.377. The van der Waals surface area contributed by atoms with Crippen molar-refractivity contribution in [3.05, 3.63) is 0 Å². The fourth-order valence-electron chi connectivity index (χ4n) is 5.34. The second-order valence-corrected chi connectivity index (χ2v) is 9.92. The molecule has 1 N–H and O–H groups in total. The van der Waals surface area contributed by atoms with Gasteiger partial charge in [0.05, 0.1) is 12.3 Å². The van der Waals surface area contributed by atoms with Gasteiger partial charge in [-0.3, -0.25) is 9.59 Å². The van der Waals surface area contributed by atoms with Crippen molar-refractivity contribution in [3.8, 4) is 0 Å². The van der Waals surface area contributed by atoms with Gasteiger partial charge in [-0.15, -0.1) is 11.8 Å². The van der Waals surface area contributed by atoms with E-state index in [1.165, 1.54) is 38.5 Å². The van der Waals surface area contributed by atoms with Crippen LogP contribution in [0.5, 0.6) is 0 Å². The molecule has 0 aliphatic heterocycles. The zero-order valence-corrected chi connectivity index (χ0v) is 14.9. The first-order chi connectivity index (χ1) is 11.0. The second-order valence-electron chi connectivity index (χ2n) is 8.48. The number of hydrogen-bond donors (Lipinski definition) is 1. The van der Waals surface area contributed by atoms with Crippen LogP contribution in [-0.2, 0) is 9.59 Å². The van der Waals surface area contributed by atoms with E-state index in [9.17, 15) is 9.59 Å². The van der Waals surface area contributed by atoms with Crippen LogP contribution < -0.4 is 5.32 Å². The molecule has 5 saturated carbocycles. The van der Waals surface area contributed by atoms with E-state index in [0.717, 1.165) is 30.6 Å². The van der Waals surface area contributed by atoms with E-state index in [-0.39, 0.29) is 18.4 Å². The Morgan fingerprint density at radius 1 is 1.09 bits per heavy atom. The Labute approximate surface area is 143 Å². The standard InChI is InChI=1S/C18H28N2O2S/c1-20(10-16(21)19-15-2-3-15)17(22)11-23-18-7-12-4-13(8-18)6-14(5-12)9-18/h12-15H,2-11H2,1H3,(H,19,21). The van der Waals surface area contributed by atoms with Crippen molar-refractivity contribution in [1.29, 1.82) is 0 Å². The zero-order valence-electron chi connectivity index (χ0n) is 14.1. The molecular weight excluding hydrogens is 308 g/mol. The van der Waals surface area contributed by atoms with Gasteiger partial charge in [-0.05, 0) is 69.1 Å². The molecule has 0 aromatic heterocycles. The lowest BCUT2D eigenvalue weighted by Crippen LogP contribution is -2.49. The molecule has 0 aromatic rings. The average molecular weight is 337 g/mol. The van der Waals surface area contributed by atoms with E-state index < -0.39 is 0 Å². The van der Waals surface area contributed by atoms with E-state index in [1.807, 2.05) is 11.8 Å². The molecule has 0 heterocycles. The maximum Gasteiger partial charge on any atom is 0.239 e. The van der Waals surface area contributed by atoms with Crippen LogP contribution in [-0.4, -0.2) is 46.8 Å². The van der Waals surface area contributed by atoms with Crippen molar-refractivity contribution < 1.29 is 9.59 Å². The van der Waals surface area contributed by atoms with Crippen LogP contribution in [0, 0.1) is 17.8 Å². The van der Waals surface area contributed by atoms with Crippen LogP contribution in [0.3, 0.4) is 0 Å². The van der Waals surface area contributed by atoms with E-state index in [4.69, 9.17) is 0 Å². The van der Waals surface area contributed by atoms with Gasteiger partial charge in [0, 0.05) is 17.8 Å². The maximum atomic E-state index is 12.4. The molecule has 0 spiro atoms. The third kappa shape index (κ3) is 3.54. The molecule has 0 aromatic carbocycles. The minimum Gasteiger partial charge on any atom is -0.352 e. The van der Waals surface area contributed by atoms with Crippen LogP contribution in [0.25, 0.3) is 0 Å². The van der Waals surface area contributed by atoms with Gasteiger partial charge in [-0.25, -0.2) is 0 Å². The molecule has 0 saturated heterocycles. The molecule has 4 nitrogen and oxygen atoms in total. The lowest BCUT2D eigenvalue weighted by atomic mass is 9.56. The molecule has 5 fully saturated rings. The maximum absolute atomic E-state index is 12.4. The highest BCUT2D eigenvalue weighted by molar-refractivity contribution is 8.01. The number of carbonyl (C=O) groups is 2. The summed E-state index contributed by atoms with van der Waals surface area (Å²) in [5.41, 5.74) is 0. The highest BCUT2D eigenvalue weighted by Gasteiger charge is 2.51. The number of nitrogens with zero attached hydrogens (tertiary/aromatic N) is 1. The normalized spacial score (nSPS) is 37.7. The summed E-state index contributed by atoms with van der Waals surface area (Å²) in [7, 11) is 1.76. The summed E-state index contributed by atoms with van der Waals surface area (Å²) in [5.74, 6) is 3.40. The van der Waals surface area contributed by atoms with Crippen molar-refractivity contribution in [2.75, 3.05) is 19.3 Å². The predicted octanol–water partition coefficient (Wildman–Crippen LogP) is 2.43. The van der Waals surface area contributed by atoms with Gasteiger partial charge in [-0.2, -0.15) is 0 Å². The molecule has 4 bridgehead atoms. The van der Waals surface area contributed by atoms with E-state index in [1.54, 1.807) is 11.9 Å². The first-order valence-corrected chi connectivity index (χ1v) is 10.2. The van der Waals surface area contributed by atoms with Crippen molar-refractivity contribution in [3.63, 3.8) is 0 Å². The number of thioether (sulfide) groups is 1. The predicted molar refractivity (Wildman–Crippen MR) is 92.2 cm³/mol. The SMILES string of the molecule is CN(CC(=O)NC1CC1)C(=O)CSC12CC3CC(CC(C3)C1)C2. The molecule has 128 valence electrons. The lowest BCUT2D eigenvalue weighted by Gasteiger charge is -2.56. The Hall–Kier alpha value is -0.710. The average Bonchev–Trinajstić information content (AvgIpc) is 3.27. The zero-order chi connectivity index (χ0) is 16.0. The topological polar surface area (TPSA) is 49.4 Å². The lowest BCUT2D eigenvalue weighted by molar-refractivity contribution is -0.132. The minimum absolute atomic E-state index is 0.0110. The first kappa shape index (κ1) is 15.8. The molecule has 23 heavy (non-hydrogen) atoms. The summed E-state index contributed by atoms with van der Waals surface area (Å²) in [5, 5.41) is 2.95. The van der Waals surface area contributed by atoms with Gasteiger partial charge in [-0.1, -0.05) is 0 Å². The van der Waals surface area contributed by atoms with Crippen LogP contribution in [0.15, 0.2) is 0 Å². The summed E-state index contributed by atoms with van der Waals surface area (Å²) in [6, 6.07) is 0.368. The second kappa shape index (κ2) is 5.98. The summed E-state index contributed by atoms with van der Waals surface area (Å²) in [6.07, 6.45) is 10.5. The monoisotopic (exact) mass is 336 g/mol. The third-order valence-electron chi connectivity index (χ3n) is 6.23. The molecule has 5 aliphatic rings. The van der Waals surface area contributed by atoms with E-state index >= 15 is 0 Å². The highest BCUT2D eigenvalue weighted by atomic mass is 32.2. The summed E-state index contributed by atoms with van der Waals surface area (Å²) in [4.78, 5) is 25.8. The Balaban J connectivity index is 1.26. The fourth-order valence-corrected chi connectivity index (χ4v) is 7.05. The van der Waals surface area contributed by atoms with E-state index in [2.05, 4.69) is 5.32 Å². The quantitative estimate of drug-likeness (QED) is 0.810. The molecule has 2 amide bonds. The van der Waals surface area contributed by atoms with E-state index in [0.29, 0.717) is 16.5 Å². The first-order valence-electron chi connectivity index (χ1n) is 9.19. The molecule has 5 aliphatic carbocycles. The van der Waals surface area contributed by atoms with Crippen LogP contribution >= 0.6 is 11.8 Å². The van der Waals surface area contributed by atoms with Gasteiger partial charge in [0.2, 0.25) is 11.8 Å². The van der Waals surface area contributed by atoms with Crippen LogP contribution in [0.4, 0.5) is 0 Å². The van der Waals surface area contributed by atoms with Crippen molar-refractivity contribution in [2.45, 2.75) is 62.2 Å². The number of amides is 2. The summed E-state index contributed by atoms with van der Waals surface area (Å²) >= 11 is 1.90. The number of nitrogens with one attached hydrogen (secondary N) is 1. The van der Waals surface area contributed by atoms with Crippen LogP contribution in [0.1, 0.15) is 51.4 Å². The Kier molecular flexibility index (Phi) is 4.11. The van der Waals surface area contributed by atoms with Crippen molar-refractivity contribution in [1.82, 2.24) is 10.2 Å². The largest absolute Gasteiger partial charge is 0.352 e. The number of carbonyl (C=O) groups excluding carboxylic acids is 2. The van der Waals surface area contributed by atoms with Crippen molar-refractivity contribution in [2.24, 2.45) is 17.8 Å². The van der Waals surface area contributed by atoms with Gasteiger partial charge in [0.25, 0.3) is 0 Å². The van der Waals surface area contributed by atoms with Gasteiger partial charge in [0.15, 0.2) is 0 Å². The molecule has 0 atom stereocenters. The van der Waals surface area contributed by atoms with Gasteiger partial charge < -0.3 is 10.2 Å². The smallest absolute Gasteiger partial charge is 0.239 e. The Morgan fingerprint density at radius 2 is 1.65 bits per heavy atom. The molecule has 5 heteroatoms. The van der Waals surface area contributed by atoms with Crippen molar-refractivity contribution >= 4 is 23.6 Å². The molecular formula is C18H28N2O2S. The van der Waals surface area contributed by atoms with Gasteiger partial charge in [0.1, 0.15) is 0 Å². The molecule has 0 radical (unpaired) electrons. The van der Waals surface area contributed by atoms with Gasteiger partial charge >= 0.3 is 0 Å². The Bertz CT molecular complexity index is 468. The number of hydrogen-bond acceptors (Lipinski definition) is 3.